The molecule has 1 heteroatoms. The van der Waals surface area contributed by atoms with Crippen LogP contribution in [0.2, 0.25) is 0 Å². The molecule has 1 N–H and O–H groups in total. The maximum Gasteiger partial charge on any atom is 0.0127 e. The molecule has 0 aromatic carbocycles. The Balaban J connectivity index is 1.68. The van der Waals surface area contributed by atoms with Gasteiger partial charge in [-0.1, -0.05) is 19.3 Å². The lowest BCUT2D eigenvalue weighted by molar-refractivity contribution is 0.182. The van der Waals surface area contributed by atoms with Gasteiger partial charge in [-0.05, 0) is 56.4 Å². The van der Waals surface area contributed by atoms with Gasteiger partial charge in [0.05, 0.1) is 0 Å². The van der Waals surface area contributed by atoms with Gasteiger partial charge in [0.1, 0.15) is 0 Å². The highest BCUT2D eigenvalue weighted by molar-refractivity contribution is 5.07. The van der Waals surface area contributed by atoms with E-state index < -0.39 is 0 Å². The van der Waals surface area contributed by atoms with Crippen molar-refractivity contribution in [3.63, 3.8) is 0 Å². The third kappa shape index (κ3) is 1.41. The van der Waals surface area contributed by atoms with Crippen molar-refractivity contribution in [1.29, 1.82) is 0 Å². The number of rotatable bonds is 2. The van der Waals surface area contributed by atoms with E-state index in [1.165, 1.54) is 64.3 Å². The van der Waals surface area contributed by atoms with E-state index in [1.54, 1.807) is 0 Å². The van der Waals surface area contributed by atoms with Gasteiger partial charge in [-0.25, -0.2) is 0 Å². The quantitative estimate of drug-likeness (QED) is 0.710. The van der Waals surface area contributed by atoms with Crippen molar-refractivity contribution in [2.24, 2.45) is 11.3 Å². The minimum Gasteiger partial charge on any atom is -0.313 e. The summed E-state index contributed by atoms with van der Waals surface area (Å²) in [5.74, 6) is 1.09. The molecule has 14 heavy (non-hydrogen) atoms. The van der Waals surface area contributed by atoms with Gasteiger partial charge >= 0.3 is 0 Å². The molecule has 1 atom stereocenters. The first kappa shape index (κ1) is 9.21. The second kappa shape index (κ2) is 3.52. The second-order valence-corrected chi connectivity index (χ2v) is 5.72. The fourth-order valence-corrected chi connectivity index (χ4v) is 4.04. The lowest BCUT2D eigenvalue weighted by atomic mass is 9.73. The van der Waals surface area contributed by atoms with Crippen LogP contribution in [-0.4, -0.2) is 12.6 Å². The van der Waals surface area contributed by atoms with Gasteiger partial charge in [-0.2, -0.15) is 0 Å². The maximum absolute atomic E-state index is 3.76. The van der Waals surface area contributed by atoms with Gasteiger partial charge in [0.2, 0.25) is 0 Å². The minimum absolute atomic E-state index is 0.789. The molecule has 0 spiro atoms. The molecule has 0 bridgehead atoms. The van der Waals surface area contributed by atoms with Crippen LogP contribution in [0.3, 0.4) is 0 Å². The molecule has 2 aliphatic carbocycles. The van der Waals surface area contributed by atoms with Crippen LogP contribution >= 0.6 is 0 Å². The predicted molar refractivity (Wildman–Crippen MR) is 59.3 cm³/mol. The highest BCUT2D eigenvalue weighted by Crippen LogP contribution is 2.59. The first-order valence-electron chi connectivity index (χ1n) is 6.65. The SMILES string of the molecule is C1CCC(C2(C3CCCN3)CC2)CC1. The molecule has 2 saturated carbocycles. The Morgan fingerprint density at radius 1 is 0.857 bits per heavy atom. The summed E-state index contributed by atoms with van der Waals surface area (Å²) in [7, 11) is 0. The van der Waals surface area contributed by atoms with E-state index in [0.717, 1.165) is 17.4 Å². The molecule has 1 aliphatic heterocycles. The number of nitrogens with one attached hydrogen (secondary N) is 1. The summed E-state index contributed by atoms with van der Waals surface area (Å²) in [5, 5.41) is 3.76. The lowest BCUT2D eigenvalue weighted by Gasteiger charge is -2.34. The highest BCUT2D eigenvalue weighted by Gasteiger charge is 2.54. The third-order valence-electron chi connectivity index (χ3n) is 5.00. The molecule has 0 radical (unpaired) electrons. The van der Waals surface area contributed by atoms with E-state index in [4.69, 9.17) is 0 Å². The zero-order chi connectivity index (χ0) is 9.43. The molecule has 80 valence electrons. The van der Waals surface area contributed by atoms with E-state index in [9.17, 15) is 0 Å². The van der Waals surface area contributed by atoms with Crippen LogP contribution in [0, 0.1) is 11.3 Å². The van der Waals surface area contributed by atoms with Crippen LogP contribution < -0.4 is 5.32 Å². The summed E-state index contributed by atoms with van der Waals surface area (Å²) >= 11 is 0. The Kier molecular flexibility index (Phi) is 2.31. The summed E-state index contributed by atoms with van der Waals surface area (Å²) < 4.78 is 0. The molecule has 1 heterocycles. The molecule has 1 unspecified atom stereocenters. The monoisotopic (exact) mass is 193 g/mol. The van der Waals surface area contributed by atoms with Crippen LogP contribution in [0.4, 0.5) is 0 Å². The Labute approximate surface area is 87.7 Å². The van der Waals surface area contributed by atoms with Crippen LogP contribution in [0.15, 0.2) is 0 Å². The number of hydrogen-bond donors (Lipinski definition) is 1. The molecule has 3 fully saturated rings. The Hall–Kier alpha value is -0.0400. The summed E-state index contributed by atoms with van der Waals surface area (Å²) in [6.45, 7) is 1.29. The minimum atomic E-state index is 0.789. The zero-order valence-corrected chi connectivity index (χ0v) is 9.23. The summed E-state index contributed by atoms with van der Waals surface area (Å²) in [4.78, 5) is 0. The standard InChI is InChI=1S/C13H23N/c1-2-5-11(6-3-1)13(8-9-13)12-7-4-10-14-12/h11-12,14H,1-10H2. The predicted octanol–water partition coefficient (Wildman–Crippen LogP) is 3.10. The normalized spacial score (nSPS) is 37.3. The van der Waals surface area contributed by atoms with Crippen molar-refractivity contribution >= 4 is 0 Å². The van der Waals surface area contributed by atoms with Gasteiger partial charge in [0, 0.05) is 6.04 Å². The Morgan fingerprint density at radius 3 is 2.21 bits per heavy atom. The molecule has 0 amide bonds. The fourth-order valence-electron chi connectivity index (χ4n) is 4.04. The number of hydrogen-bond acceptors (Lipinski definition) is 1. The highest BCUT2D eigenvalue weighted by atomic mass is 15.0. The van der Waals surface area contributed by atoms with Gasteiger partial charge in [0.15, 0.2) is 0 Å². The van der Waals surface area contributed by atoms with Gasteiger partial charge in [0.25, 0.3) is 0 Å². The van der Waals surface area contributed by atoms with Crippen LogP contribution in [0.25, 0.3) is 0 Å². The topological polar surface area (TPSA) is 12.0 Å². The lowest BCUT2D eigenvalue weighted by Crippen LogP contribution is -2.37. The zero-order valence-electron chi connectivity index (χ0n) is 9.23. The van der Waals surface area contributed by atoms with Crippen molar-refractivity contribution in [3.05, 3.63) is 0 Å². The van der Waals surface area contributed by atoms with Crippen LogP contribution in [0.1, 0.15) is 57.8 Å². The van der Waals surface area contributed by atoms with Crippen LogP contribution in [0.5, 0.6) is 0 Å². The smallest absolute Gasteiger partial charge is 0.0127 e. The van der Waals surface area contributed by atoms with Crippen molar-refractivity contribution in [3.8, 4) is 0 Å². The average Bonchev–Trinajstić information content (AvgIpc) is 2.88. The molecular formula is C13H23N. The molecule has 3 rings (SSSR count). The van der Waals surface area contributed by atoms with E-state index in [-0.39, 0.29) is 0 Å². The van der Waals surface area contributed by atoms with Crippen molar-refractivity contribution < 1.29 is 0 Å². The van der Waals surface area contributed by atoms with E-state index in [0.29, 0.717) is 0 Å². The Bertz CT molecular complexity index is 195. The summed E-state index contributed by atoms with van der Waals surface area (Å²) in [5.41, 5.74) is 0.789. The van der Waals surface area contributed by atoms with Gasteiger partial charge < -0.3 is 5.32 Å². The second-order valence-electron chi connectivity index (χ2n) is 5.72. The Morgan fingerprint density at radius 2 is 1.64 bits per heavy atom. The third-order valence-corrected chi connectivity index (χ3v) is 5.00. The molecule has 3 aliphatic rings. The first-order valence-corrected chi connectivity index (χ1v) is 6.65. The fraction of sp³-hybridized carbons (Fsp3) is 1.00. The molecular weight excluding hydrogens is 170 g/mol. The molecule has 1 saturated heterocycles. The molecule has 0 aromatic heterocycles. The van der Waals surface area contributed by atoms with Gasteiger partial charge in [-0.15, -0.1) is 0 Å². The van der Waals surface area contributed by atoms with Crippen LogP contribution in [-0.2, 0) is 0 Å². The average molecular weight is 193 g/mol. The first-order chi connectivity index (χ1) is 6.92. The molecule has 0 aromatic rings. The van der Waals surface area contributed by atoms with E-state index >= 15 is 0 Å². The van der Waals surface area contributed by atoms with E-state index in [2.05, 4.69) is 5.32 Å². The summed E-state index contributed by atoms with van der Waals surface area (Å²) in [6.07, 6.45) is 13.6. The largest absolute Gasteiger partial charge is 0.313 e. The van der Waals surface area contributed by atoms with Crippen molar-refractivity contribution in [1.82, 2.24) is 5.32 Å². The van der Waals surface area contributed by atoms with Crippen molar-refractivity contribution in [2.45, 2.75) is 63.8 Å². The van der Waals surface area contributed by atoms with E-state index in [1.807, 2.05) is 0 Å². The molecule has 1 nitrogen and oxygen atoms in total. The van der Waals surface area contributed by atoms with Gasteiger partial charge in [-0.3, -0.25) is 0 Å². The summed E-state index contributed by atoms with van der Waals surface area (Å²) in [6, 6.07) is 0.908. The van der Waals surface area contributed by atoms with Crippen molar-refractivity contribution in [2.75, 3.05) is 6.54 Å². The maximum atomic E-state index is 3.76.